The van der Waals surface area contributed by atoms with E-state index in [4.69, 9.17) is 0 Å². The van der Waals surface area contributed by atoms with Crippen LogP contribution in [0.4, 0.5) is 0 Å². The third-order valence-electron chi connectivity index (χ3n) is 3.19. The Bertz CT molecular complexity index is 736. The number of pyridine rings is 1. The van der Waals surface area contributed by atoms with Crippen LogP contribution in [0.3, 0.4) is 0 Å². The fourth-order valence-electron chi connectivity index (χ4n) is 2.12. The summed E-state index contributed by atoms with van der Waals surface area (Å²) in [6.07, 6.45) is 1.98. The molecule has 20 heavy (non-hydrogen) atoms. The summed E-state index contributed by atoms with van der Waals surface area (Å²) in [4.78, 5) is 0. The highest BCUT2D eigenvalue weighted by molar-refractivity contribution is 9.10. The van der Waals surface area contributed by atoms with Crippen LogP contribution in [-0.4, -0.2) is 14.6 Å². The van der Waals surface area contributed by atoms with E-state index in [-0.39, 0.29) is 0 Å². The van der Waals surface area contributed by atoms with E-state index in [0.29, 0.717) is 6.54 Å². The SMILES string of the molecule is Cc1ccc(CNCc2nnc3ccccn23)c(Br)c1. The smallest absolute Gasteiger partial charge is 0.160 e. The summed E-state index contributed by atoms with van der Waals surface area (Å²) in [7, 11) is 0. The first-order chi connectivity index (χ1) is 9.74. The molecule has 1 N–H and O–H groups in total. The summed E-state index contributed by atoms with van der Waals surface area (Å²) in [5.74, 6) is 0.920. The van der Waals surface area contributed by atoms with E-state index in [0.717, 1.165) is 22.5 Å². The lowest BCUT2D eigenvalue weighted by atomic mass is 10.1. The fourth-order valence-corrected chi connectivity index (χ4v) is 2.75. The maximum absolute atomic E-state index is 4.20. The van der Waals surface area contributed by atoms with Crippen molar-refractivity contribution in [3.05, 3.63) is 64.0 Å². The zero-order valence-electron chi connectivity index (χ0n) is 11.2. The zero-order chi connectivity index (χ0) is 13.9. The Morgan fingerprint density at radius 2 is 2.05 bits per heavy atom. The van der Waals surface area contributed by atoms with Crippen molar-refractivity contribution in [3.8, 4) is 0 Å². The van der Waals surface area contributed by atoms with Crippen LogP contribution in [0.1, 0.15) is 17.0 Å². The van der Waals surface area contributed by atoms with E-state index in [9.17, 15) is 0 Å². The van der Waals surface area contributed by atoms with Gasteiger partial charge >= 0.3 is 0 Å². The number of halogens is 1. The Kier molecular flexibility index (Phi) is 3.80. The number of aryl methyl sites for hydroxylation is 1. The largest absolute Gasteiger partial charge is 0.306 e. The normalized spacial score (nSPS) is 11.1. The monoisotopic (exact) mass is 330 g/mol. The molecule has 3 aromatic rings. The highest BCUT2D eigenvalue weighted by atomic mass is 79.9. The van der Waals surface area contributed by atoms with Crippen LogP contribution in [-0.2, 0) is 13.1 Å². The number of fused-ring (bicyclic) bond motifs is 1. The number of benzene rings is 1. The molecule has 0 amide bonds. The Morgan fingerprint density at radius 1 is 1.15 bits per heavy atom. The number of hydrogen-bond acceptors (Lipinski definition) is 3. The van der Waals surface area contributed by atoms with Crippen molar-refractivity contribution in [2.75, 3.05) is 0 Å². The van der Waals surface area contributed by atoms with Crippen molar-refractivity contribution in [2.24, 2.45) is 0 Å². The minimum atomic E-state index is 0.686. The van der Waals surface area contributed by atoms with E-state index >= 15 is 0 Å². The van der Waals surface area contributed by atoms with Gasteiger partial charge in [0.15, 0.2) is 11.5 Å². The first-order valence-corrected chi connectivity index (χ1v) is 7.28. The molecule has 0 aliphatic heterocycles. The number of nitrogens with zero attached hydrogens (tertiary/aromatic N) is 3. The minimum Gasteiger partial charge on any atom is -0.306 e. The average Bonchev–Trinajstić information content (AvgIpc) is 2.85. The lowest BCUT2D eigenvalue weighted by Gasteiger charge is -2.07. The second-order valence-electron chi connectivity index (χ2n) is 4.74. The Balaban J connectivity index is 1.68. The molecule has 1 aromatic carbocycles. The van der Waals surface area contributed by atoms with Crippen LogP contribution >= 0.6 is 15.9 Å². The summed E-state index contributed by atoms with van der Waals surface area (Å²) in [6, 6.07) is 12.3. The molecule has 0 aliphatic carbocycles. The molecule has 0 atom stereocenters. The molecule has 0 fully saturated rings. The van der Waals surface area contributed by atoms with Crippen LogP contribution in [0.25, 0.3) is 5.65 Å². The van der Waals surface area contributed by atoms with Gasteiger partial charge in [0.2, 0.25) is 0 Å². The van der Waals surface area contributed by atoms with Crippen LogP contribution in [0.15, 0.2) is 47.1 Å². The molecule has 0 saturated carbocycles. The maximum Gasteiger partial charge on any atom is 0.160 e. The van der Waals surface area contributed by atoms with Gasteiger partial charge < -0.3 is 5.32 Å². The molecular weight excluding hydrogens is 316 g/mol. The molecule has 2 aromatic heterocycles. The number of rotatable bonds is 4. The van der Waals surface area contributed by atoms with Crippen LogP contribution in [0.2, 0.25) is 0 Å². The van der Waals surface area contributed by atoms with Crippen LogP contribution in [0, 0.1) is 6.92 Å². The Hall–Kier alpha value is -1.72. The van der Waals surface area contributed by atoms with Gasteiger partial charge in [0.05, 0.1) is 6.54 Å². The molecule has 4 nitrogen and oxygen atoms in total. The Labute approximate surface area is 126 Å². The van der Waals surface area contributed by atoms with E-state index in [1.54, 1.807) is 0 Å². The fraction of sp³-hybridized carbons (Fsp3) is 0.200. The number of hydrogen-bond donors (Lipinski definition) is 1. The molecule has 0 saturated heterocycles. The molecule has 0 radical (unpaired) electrons. The van der Waals surface area contributed by atoms with Gasteiger partial charge in [-0.1, -0.05) is 34.1 Å². The third kappa shape index (κ3) is 2.73. The highest BCUT2D eigenvalue weighted by Gasteiger charge is 2.04. The van der Waals surface area contributed by atoms with E-state index < -0.39 is 0 Å². The van der Waals surface area contributed by atoms with Gasteiger partial charge in [-0.2, -0.15) is 0 Å². The van der Waals surface area contributed by atoms with Gasteiger partial charge in [0.25, 0.3) is 0 Å². The van der Waals surface area contributed by atoms with Crippen molar-refractivity contribution in [3.63, 3.8) is 0 Å². The lowest BCUT2D eigenvalue weighted by molar-refractivity contribution is 0.655. The predicted octanol–water partition coefficient (Wildman–Crippen LogP) is 3.09. The molecule has 5 heteroatoms. The molecule has 2 heterocycles. The summed E-state index contributed by atoms with van der Waals surface area (Å²) in [5.41, 5.74) is 3.37. The molecule has 0 bridgehead atoms. The topological polar surface area (TPSA) is 42.2 Å². The number of aromatic nitrogens is 3. The predicted molar refractivity (Wildman–Crippen MR) is 82.4 cm³/mol. The third-order valence-corrected chi connectivity index (χ3v) is 3.93. The molecular formula is C15H15BrN4. The summed E-state index contributed by atoms with van der Waals surface area (Å²) < 4.78 is 3.13. The molecule has 0 aliphatic rings. The lowest BCUT2D eigenvalue weighted by Crippen LogP contribution is -2.15. The van der Waals surface area contributed by atoms with Gasteiger partial charge in [0, 0.05) is 17.2 Å². The van der Waals surface area contributed by atoms with Crippen molar-refractivity contribution >= 4 is 21.6 Å². The van der Waals surface area contributed by atoms with Crippen molar-refractivity contribution in [2.45, 2.75) is 20.0 Å². The Morgan fingerprint density at radius 3 is 2.90 bits per heavy atom. The standard InChI is InChI=1S/C15H15BrN4/c1-11-5-6-12(13(16)8-11)9-17-10-15-19-18-14-4-2-3-7-20(14)15/h2-8,17H,9-10H2,1H3. The molecule has 3 rings (SSSR count). The van der Waals surface area contributed by atoms with Crippen LogP contribution < -0.4 is 5.32 Å². The number of nitrogens with one attached hydrogen (secondary N) is 1. The molecule has 0 unspecified atom stereocenters. The van der Waals surface area contributed by atoms with Gasteiger partial charge in [0.1, 0.15) is 0 Å². The van der Waals surface area contributed by atoms with Crippen molar-refractivity contribution in [1.82, 2.24) is 19.9 Å². The average molecular weight is 331 g/mol. The first kappa shape index (κ1) is 13.3. The second-order valence-corrected chi connectivity index (χ2v) is 5.60. The first-order valence-electron chi connectivity index (χ1n) is 6.48. The maximum atomic E-state index is 4.20. The van der Waals surface area contributed by atoms with E-state index in [1.165, 1.54) is 11.1 Å². The van der Waals surface area contributed by atoms with Gasteiger partial charge in [-0.3, -0.25) is 4.40 Å². The molecule has 0 spiro atoms. The van der Waals surface area contributed by atoms with Gasteiger partial charge in [-0.15, -0.1) is 10.2 Å². The highest BCUT2D eigenvalue weighted by Crippen LogP contribution is 2.18. The summed E-state index contributed by atoms with van der Waals surface area (Å²) >= 11 is 3.59. The second kappa shape index (κ2) is 5.73. The summed E-state index contributed by atoms with van der Waals surface area (Å²) in [5, 5.41) is 11.7. The molecule has 102 valence electrons. The van der Waals surface area contributed by atoms with Gasteiger partial charge in [-0.05, 0) is 36.2 Å². The van der Waals surface area contributed by atoms with E-state index in [1.807, 2.05) is 28.8 Å². The van der Waals surface area contributed by atoms with Crippen molar-refractivity contribution in [1.29, 1.82) is 0 Å². The summed E-state index contributed by atoms with van der Waals surface area (Å²) in [6.45, 7) is 3.57. The van der Waals surface area contributed by atoms with Crippen molar-refractivity contribution < 1.29 is 0 Å². The zero-order valence-corrected chi connectivity index (χ0v) is 12.8. The van der Waals surface area contributed by atoms with Crippen LogP contribution in [0.5, 0.6) is 0 Å². The van der Waals surface area contributed by atoms with E-state index in [2.05, 4.69) is 56.6 Å². The van der Waals surface area contributed by atoms with Gasteiger partial charge in [-0.25, -0.2) is 0 Å². The minimum absolute atomic E-state index is 0.686. The quantitative estimate of drug-likeness (QED) is 0.799.